The van der Waals surface area contributed by atoms with Crippen LogP contribution in [0.15, 0.2) is 12.7 Å². The minimum atomic E-state index is -0.150. The molecule has 0 aliphatic heterocycles. The molecule has 0 bridgehead atoms. The van der Waals surface area contributed by atoms with Crippen molar-refractivity contribution in [3.8, 4) is 0 Å². The van der Waals surface area contributed by atoms with Gasteiger partial charge in [0.15, 0.2) is 0 Å². The Hall–Kier alpha value is -0.830. The van der Waals surface area contributed by atoms with Gasteiger partial charge in [0.2, 0.25) is 0 Å². The van der Waals surface area contributed by atoms with E-state index in [0.29, 0.717) is 12.5 Å². The highest BCUT2D eigenvalue weighted by Crippen LogP contribution is 1.90. The molecule has 1 unspecified atom stereocenters. The number of rotatable bonds is 6. The lowest BCUT2D eigenvalue weighted by Crippen LogP contribution is -2.25. The highest BCUT2D eigenvalue weighted by Gasteiger charge is 1.99. The van der Waals surface area contributed by atoms with E-state index in [-0.39, 0.29) is 5.97 Å². The number of hydrogen-bond acceptors (Lipinski definition) is 3. The number of methoxy groups -OCH3 is 1. The Morgan fingerprint density at radius 2 is 2.42 bits per heavy atom. The standard InChI is InChI=1S/C9H17NO2/c1-4-8(2)10-7-5-6-9(11)12-3/h4,8,10H,1,5-7H2,2-3H3. The van der Waals surface area contributed by atoms with E-state index in [2.05, 4.69) is 16.6 Å². The maximum atomic E-state index is 10.7. The molecule has 0 saturated carbocycles. The molecule has 0 fully saturated rings. The number of hydrogen-bond donors (Lipinski definition) is 1. The molecule has 1 N–H and O–H groups in total. The Balaban J connectivity index is 3.21. The Kier molecular flexibility index (Phi) is 6.38. The van der Waals surface area contributed by atoms with Crippen molar-refractivity contribution >= 4 is 5.97 Å². The van der Waals surface area contributed by atoms with Gasteiger partial charge in [0, 0.05) is 12.5 Å². The molecule has 12 heavy (non-hydrogen) atoms. The molecule has 0 radical (unpaired) electrons. The minimum Gasteiger partial charge on any atom is -0.469 e. The maximum Gasteiger partial charge on any atom is 0.305 e. The number of carbonyl (C=O) groups excluding carboxylic acids is 1. The third-order valence-corrected chi connectivity index (χ3v) is 1.61. The van der Waals surface area contributed by atoms with Crippen molar-refractivity contribution in [2.75, 3.05) is 13.7 Å². The fourth-order valence-electron chi connectivity index (χ4n) is 0.748. The lowest BCUT2D eigenvalue weighted by molar-refractivity contribution is -0.140. The Bertz CT molecular complexity index is 145. The van der Waals surface area contributed by atoms with Gasteiger partial charge in [-0.3, -0.25) is 4.79 Å². The third-order valence-electron chi connectivity index (χ3n) is 1.61. The first-order valence-corrected chi connectivity index (χ1v) is 4.13. The summed E-state index contributed by atoms with van der Waals surface area (Å²) in [7, 11) is 1.40. The molecule has 3 heteroatoms. The van der Waals surface area contributed by atoms with Crippen LogP contribution in [0.4, 0.5) is 0 Å². The lowest BCUT2D eigenvalue weighted by atomic mass is 10.3. The molecule has 0 spiro atoms. The summed E-state index contributed by atoms with van der Waals surface area (Å²) >= 11 is 0. The topological polar surface area (TPSA) is 38.3 Å². The monoisotopic (exact) mass is 171 g/mol. The predicted molar refractivity (Wildman–Crippen MR) is 48.9 cm³/mol. The van der Waals surface area contributed by atoms with Crippen LogP contribution in [0.1, 0.15) is 19.8 Å². The Labute approximate surface area is 73.8 Å². The van der Waals surface area contributed by atoms with E-state index < -0.39 is 0 Å². The number of nitrogens with one attached hydrogen (secondary N) is 1. The van der Waals surface area contributed by atoms with Gasteiger partial charge >= 0.3 is 5.97 Å². The second kappa shape index (κ2) is 6.85. The molecule has 0 amide bonds. The minimum absolute atomic E-state index is 0.150. The van der Waals surface area contributed by atoms with Gasteiger partial charge in [-0.15, -0.1) is 6.58 Å². The van der Waals surface area contributed by atoms with Crippen molar-refractivity contribution in [1.82, 2.24) is 5.32 Å². The van der Waals surface area contributed by atoms with Crippen LogP contribution in [-0.4, -0.2) is 25.7 Å². The fraction of sp³-hybridized carbons (Fsp3) is 0.667. The zero-order valence-electron chi connectivity index (χ0n) is 7.80. The summed E-state index contributed by atoms with van der Waals surface area (Å²) < 4.78 is 4.50. The normalized spacial score (nSPS) is 12.2. The first kappa shape index (κ1) is 11.2. The average Bonchev–Trinajstić information content (AvgIpc) is 2.11. The summed E-state index contributed by atoms with van der Waals surface area (Å²) in [4.78, 5) is 10.7. The molecular weight excluding hydrogens is 154 g/mol. The van der Waals surface area contributed by atoms with Gasteiger partial charge in [0.05, 0.1) is 7.11 Å². The molecular formula is C9H17NO2. The van der Waals surface area contributed by atoms with Gasteiger partial charge in [-0.1, -0.05) is 6.08 Å². The summed E-state index contributed by atoms with van der Waals surface area (Å²) in [5.41, 5.74) is 0. The highest BCUT2D eigenvalue weighted by molar-refractivity contribution is 5.69. The van der Waals surface area contributed by atoms with E-state index in [4.69, 9.17) is 0 Å². The second-order valence-corrected chi connectivity index (χ2v) is 2.66. The molecule has 0 aliphatic carbocycles. The second-order valence-electron chi connectivity index (χ2n) is 2.66. The SMILES string of the molecule is C=CC(C)NCCCC(=O)OC. The average molecular weight is 171 g/mol. The Morgan fingerprint density at radius 1 is 1.75 bits per heavy atom. The summed E-state index contributed by atoms with van der Waals surface area (Å²) in [5.74, 6) is -0.150. The van der Waals surface area contributed by atoms with Crippen LogP contribution in [-0.2, 0) is 9.53 Å². The molecule has 0 saturated heterocycles. The molecule has 0 aromatic rings. The van der Waals surface area contributed by atoms with Crippen LogP contribution in [0.5, 0.6) is 0 Å². The van der Waals surface area contributed by atoms with E-state index >= 15 is 0 Å². The van der Waals surface area contributed by atoms with Gasteiger partial charge in [-0.2, -0.15) is 0 Å². The van der Waals surface area contributed by atoms with Crippen LogP contribution >= 0.6 is 0 Å². The van der Waals surface area contributed by atoms with Crippen molar-refractivity contribution < 1.29 is 9.53 Å². The van der Waals surface area contributed by atoms with Crippen molar-refractivity contribution in [3.05, 3.63) is 12.7 Å². The van der Waals surface area contributed by atoms with Crippen LogP contribution in [0.2, 0.25) is 0 Å². The van der Waals surface area contributed by atoms with E-state index in [9.17, 15) is 4.79 Å². The lowest BCUT2D eigenvalue weighted by Gasteiger charge is -2.07. The smallest absolute Gasteiger partial charge is 0.305 e. The fourth-order valence-corrected chi connectivity index (χ4v) is 0.748. The maximum absolute atomic E-state index is 10.7. The molecule has 70 valence electrons. The summed E-state index contributed by atoms with van der Waals surface area (Å²) in [5, 5.41) is 3.19. The van der Waals surface area contributed by atoms with Crippen molar-refractivity contribution in [2.24, 2.45) is 0 Å². The van der Waals surface area contributed by atoms with Crippen molar-refractivity contribution in [2.45, 2.75) is 25.8 Å². The van der Waals surface area contributed by atoms with Gasteiger partial charge in [0.25, 0.3) is 0 Å². The summed E-state index contributed by atoms with van der Waals surface area (Å²) in [6.45, 7) is 6.48. The van der Waals surface area contributed by atoms with Gasteiger partial charge < -0.3 is 10.1 Å². The summed E-state index contributed by atoms with van der Waals surface area (Å²) in [6.07, 6.45) is 3.12. The molecule has 0 heterocycles. The zero-order valence-corrected chi connectivity index (χ0v) is 7.80. The largest absolute Gasteiger partial charge is 0.469 e. The van der Waals surface area contributed by atoms with Crippen LogP contribution < -0.4 is 5.32 Å². The summed E-state index contributed by atoms with van der Waals surface area (Å²) in [6, 6.07) is 0.308. The van der Waals surface area contributed by atoms with Gasteiger partial charge in [-0.05, 0) is 19.9 Å². The molecule has 1 atom stereocenters. The molecule has 0 aliphatic rings. The quantitative estimate of drug-likeness (QED) is 0.369. The molecule has 0 rings (SSSR count). The molecule has 0 aromatic carbocycles. The van der Waals surface area contributed by atoms with Crippen molar-refractivity contribution in [3.63, 3.8) is 0 Å². The van der Waals surface area contributed by atoms with E-state index in [1.807, 2.05) is 13.0 Å². The number of ether oxygens (including phenoxy) is 1. The molecule has 0 aromatic heterocycles. The first-order valence-electron chi connectivity index (χ1n) is 4.13. The van der Waals surface area contributed by atoms with Gasteiger partial charge in [-0.25, -0.2) is 0 Å². The van der Waals surface area contributed by atoms with Gasteiger partial charge in [0.1, 0.15) is 0 Å². The van der Waals surface area contributed by atoms with E-state index in [1.165, 1.54) is 7.11 Å². The van der Waals surface area contributed by atoms with Crippen LogP contribution in [0.3, 0.4) is 0 Å². The van der Waals surface area contributed by atoms with Crippen LogP contribution in [0, 0.1) is 0 Å². The first-order chi connectivity index (χ1) is 5.70. The third kappa shape index (κ3) is 5.92. The Morgan fingerprint density at radius 3 is 2.92 bits per heavy atom. The van der Waals surface area contributed by atoms with Crippen LogP contribution in [0.25, 0.3) is 0 Å². The number of esters is 1. The highest BCUT2D eigenvalue weighted by atomic mass is 16.5. The van der Waals surface area contributed by atoms with E-state index in [0.717, 1.165) is 13.0 Å². The molecule has 3 nitrogen and oxygen atoms in total. The van der Waals surface area contributed by atoms with Crippen molar-refractivity contribution in [1.29, 1.82) is 0 Å². The number of carbonyl (C=O) groups is 1. The van der Waals surface area contributed by atoms with E-state index in [1.54, 1.807) is 0 Å². The zero-order chi connectivity index (χ0) is 9.40. The predicted octanol–water partition coefficient (Wildman–Crippen LogP) is 1.10.